The second kappa shape index (κ2) is 8.08. The van der Waals surface area contributed by atoms with Crippen molar-refractivity contribution in [2.75, 3.05) is 25.6 Å². The average molecular weight is 315 g/mol. The normalized spacial score (nSPS) is 10.0. The maximum Gasteiger partial charge on any atom is 0.259 e. The zero-order valence-corrected chi connectivity index (χ0v) is 13.6. The summed E-state index contributed by atoms with van der Waals surface area (Å²) in [5, 5.41) is 2.86. The first-order chi connectivity index (χ1) is 11.2. The summed E-state index contributed by atoms with van der Waals surface area (Å²) in [6, 6.07) is 12.4. The fraction of sp³-hybridized carbons (Fsp3) is 0.278. The predicted octanol–water partition coefficient (Wildman–Crippen LogP) is 3.74. The maximum atomic E-state index is 12.5. The molecule has 122 valence electrons. The van der Waals surface area contributed by atoms with E-state index in [4.69, 9.17) is 14.2 Å². The van der Waals surface area contributed by atoms with Gasteiger partial charge in [-0.2, -0.15) is 0 Å². The second-order valence-corrected chi connectivity index (χ2v) is 4.68. The van der Waals surface area contributed by atoms with Crippen LogP contribution >= 0.6 is 0 Å². The summed E-state index contributed by atoms with van der Waals surface area (Å²) in [5.41, 5.74) is 1.02. The first-order valence-corrected chi connectivity index (χ1v) is 7.53. The molecule has 5 nitrogen and oxygen atoms in total. The van der Waals surface area contributed by atoms with Crippen molar-refractivity contribution in [3.8, 4) is 17.2 Å². The van der Waals surface area contributed by atoms with Gasteiger partial charge in [0, 0.05) is 6.07 Å². The van der Waals surface area contributed by atoms with E-state index in [1.54, 1.807) is 30.3 Å². The summed E-state index contributed by atoms with van der Waals surface area (Å²) in [5.74, 6) is 1.52. The third-order valence-corrected chi connectivity index (χ3v) is 3.16. The van der Waals surface area contributed by atoms with E-state index in [1.807, 2.05) is 26.0 Å². The largest absolute Gasteiger partial charge is 0.496 e. The van der Waals surface area contributed by atoms with Gasteiger partial charge in [0.1, 0.15) is 17.2 Å². The van der Waals surface area contributed by atoms with Crippen molar-refractivity contribution in [2.45, 2.75) is 13.8 Å². The number of carbonyl (C=O) groups excluding carboxylic acids is 1. The SMILES string of the molecule is CCOc1ccc(OCC)c(NC(=O)c2ccccc2OC)c1. The van der Waals surface area contributed by atoms with Crippen LogP contribution in [0.5, 0.6) is 17.2 Å². The van der Waals surface area contributed by atoms with Crippen LogP contribution in [-0.4, -0.2) is 26.2 Å². The maximum absolute atomic E-state index is 12.5. The van der Waals surface area contributed by atoms with Crippen molar-refractivity contribution in [1.82, 2.24) is 0 Å². The first kappa shape index (κ1) is 16.7. The standard InChI is InChI=1S/C18H21NO4/c1-4-22-13-10-11-17(23-5-2)15(12-13)19-18(20)14-8-6-7-9-16(14)21-3/h6-12H,4-5H2,1-3H3,(H,19,20). The van der Waals surface area contributed by atoms with Crippen LogP contribution in [0.2, 0.25) is 0 Å². The van der Waals surface area contributed by atoms with Crippen molar-refractivity contribution < 1.29 is 19.0 Å². The highest BCUT2D eigenvalue weighted by molar-refractivity contribution is 6.07. The Bertz CT molecular complexity index is 670. The minimum absolute atomic E-state index is 0.267. The highest BCUT2D eigenvalue weighted by atomic mass is 16.5. The number of benzene rings is 2. The van der Waals surface area contributed by atoms with Crippen LogP contribution in [0, 0.1) is 0 Å². The van der Waals surface area contributed by atoms with Gasteiger partial charge < -0.3 is 19.5 Å². The van der Waals surface area contributed by atoms with E-state index in [0.29, 0.717) is 41.7 Å². The van der Waals surface area contributed by atoms with Gasteiger partial charge in [-0.25, -0.2) is 0 Å². The number of ether oxygens (including phenoxy) is 3. The number of carbonyl (C=O) groups is 1. The molecule has 1 amide bonds. The van der Waals surface area contributed by atoms with E-state index in [9.17, 15) is 4.79 Å². The molecule has 0 spiro atoms. The van der Waals surface area contributed by atoms with Gasteiger partial charge in [0.15, 0.2) is 0 Å². The molecule has 0 saturated heterocycles. The quantitative estimate of drug-likeness (QED) is 0.845. The zero-order valence-electron chi connectivity index (χ0n) is 13.6. The summed E-state index contributed by atoms with van der Waals surface area (Å²) in [6.45, 7) is 4.85. The highest BCUT2D eigenvalue weighted by Crippen LogP contribution is 2.30. The van der Waals surface area contributed by atoms with E-state index >= 15 is 0 Å². The third-order valence-electron chi connectivity index (χ3n) is 3.16. The molecule has 0 aliphatic carbocycles. The van der Waals surface area contributed by atoms with E-state index < -0.39 is 0 Å². The smallest absolute Gasteiger partial charge is 0.259 e. The number of rotatable bonds is 7. The van der Waals surface area contributed by atoms with Crippen LogP contribution in [0.15, 0.2) is 42.5 Å². The zero-order chi connectivity index (χ0) is 16.7. The number of methoxy groups -OCH3 is 1. The van der Waals surface area contributed by atoms with Crippen molar-refractivity contribution in [2.24, 2.45) is 0 Å². The van der Waals surface area contributed by atoms with E-state index in [-0.39, 0.29) is 5.91 Å². The lowest BCUT2D eigenvalue weighted by atomic mass is 10.1. The molecule has 2 rings (SSSR count). The lowest BCUT2D eigenvalue weighted by Gasteiger charge is -2.14. The lowest BCUT2D eigenvalue weighted by Crippen LogP contribution is -2.14. The van der Waals surface area contributed by atoms with Crippen molar-refractivity contribution in [1.29, 1.82) is 0 Å². The van der Waals surface area contributed by atoms with Crippen molar-refractivity contribution in [3.63, 3.8) is 0 Å². The van der Waals surface area contributed by atoms with E-state index in [2.05, 4.69) is 5.32 Å². The number of nitrogens with one attached hydrogen (secondary N) is 1. The number of hydrogen-bond acceptors (Lipinski definition) is 4. The molecule has 2 aromatic rings. The lowest BCUT2D eigenvalue weighted by molar-refractivity contribution is 0.102. The van der Waals surface area contributed by atoms with Crippen molar-refractivity contribution >= 4 is 11.6 Å². The summed E-state index contributed by atoms with van der Waals surface area (Å²) in [6.07, 6.45) is 0. The van der Waals surface area contributed by atoms with E-state index in [0.717, 1.165) is 0 Å². The minimum atomic E-state index is -0.267. The van der Waals surface area contributed by atoms with Crippen LogP contribution in [-0.2, 0) is 0 Å². The Labute approximate surface area is 136 Å². The Hall–Kier alpha value is -2.69. The molecule has 0 atom stereocenters. The fourth-order valence-corrected chi connectivity index (χ4v) is 2.17. The molecule has 0 aliphatic rings. The molecule has 0 saturated carbocycles. The van der Waals surface area contributed by atoms with Gasteiger partial charge in [0.05, 0.1) is 31.6 Å². The van der Waals surface area contributed by atoms with Crippen LogP contribution in [0.25, 0.3) is 0 Å². The van der Waals surface area contributed by atoms with Gasteiger partial charge in [-0.1, -0.05) is 12.1 Å². The number of amides is 1. The van der Waals surface area contributed by atoms with Crippen LogP contribution in [0.1, 0.15) is 24.2 Å². The van der Waals surface area contributed by atoms with Gasteiger partial charge in [0.25, 0.3) is 5.91 Å². The van der Waals surface area contributed by atoms with Crippen LogP contribution in [0.3, 0.4) is 0 Å². The Morgan fingerprint density at radius 2 is 1.74 bits per heavy atom. The average Bonchev–Trinajstić information content (AvgIpc) is 2.57. The van der Waals surface area contributed by atoms with Gasteiger partial charge >= 0.3 is 0 Å². The molecule has 0 bridgehead atoms. The third kappa shape index (κ3) is 4.16. The summed E-state index contributed by atoms with van der Waals surface area (Å²) in [7, 11) is 1.54. The molecular formula is C18H21NO4. The molecule has 2 aromatic carbocycles. The molecular weight excluding hydrogens is 294 g/mol. The van der Waals surface area contributed by atoms with Gasteiger partial charge in [-0.15, -0.1) is 0 Å². The Balaban J connectivity index is 2.29. The molecule has 0 fully saturated rings. The predicted molar refractivity (Wildman–Crippen MR) is 89.7 cm³/mol. The Kier molecular flexibility index (Phi) is 5.86. The molecule has 23 heavy (non-hydrogen) atoms. The molecule has 5 heteroatoms. The molecule has 0 heterocycles. The summed E-state index contributed by atoms with van der Waals surface area (Å²) >= 11 is 0. The first-order valence-electron chi connectivity index (χ1n) is 7.53. The molecule has 1 N–H and O–H groups in total. The number of para-hydroxylation sites is 1. The number of hydrogen-bond donors (Lipinski definition) is 1. The molecule has 0 radical (unpaired) electrons. The Morgan fingerprint density at radius 3 is 2.43 bits per heavy atom. The second-order valence-electron chi connectivity index (χ2n) is 4.68. The van der Waals surface area contributed by atoms with Gasteiger partial charge in [-0.05, 0) is 38.1 Å². The van der Waals surface area contributed by atoms with Gasteiger partial charge in [0.2, 0.25) is 0 Å². The summed E-state index contributed by atoms with van der Waals surface area (Å²) < 4.78 is 16.3. The Morgan fingerprint density at radius 1 is 1.00 bits per heavy atom. The monoisotopic (exact) mass is 315 g/mol. The fourth-order valence-electron chi connectivity index (χ4n) is 2.17. The van der Waals surface area contributed by atoms with Crippen molar-refractivity contribution in [3.05, 3.63) is 48.0 Å². The molecule has 0 unspecified atom stereocenters. The highest BCUT2D eigenvalue weighted by Gasteiger charge is 2.14. The minimum Gasteiger partial charge on any atom is -0.496 e. The van der Waals surface area contributed by atoms with Crippen LogP contribution in [0.4, 0.5) is 5.69 Å². The number of anilines is 1. The summed E-state index contributed by atoms with van der Waals surface area (Å²) in [4.78, 5) is 12.5. The molecule has 0 aliphatic heterocycles. The molecule has 0 aromatic heterocycles. The van der Waals surface area contributed by atoms with Crippen LogP contribution < -0.4 is 19.5 Å². The van der Waals surface area contributed by atoms with E-state index in [1.165, 1.54) is 7.11 Å². The topological polar surface area (TPSA) is 56.8 Å². The van der Waals surface area contributed by atoms with Gasteiger partial charge in [-0.3, -0.25) is 4.79 Å².